The zero-order valence-electron chi connectivity index (χ0n) is 6.91. The molecule has 80 valence electrons. The molecule has 1 rings (SSSR count). The molecule has 0 amide bonds. The van der Waals surface area contributed by atoms with E-state index in [-0.39, 0.29) is 23.3 Å². The van der Waals surface area contributed by atoms with Gasteiger partial charge in [-0.1, -0.05) is 0 Å². The highest BCUT2D eigenvalue weighted by Crippen LogP contribution is 2.17. The maximum absolute atomic E-state index is 8.67. The van der Waals surface area contributed by atoms with E-state index in [0.717, 1.165) is 0 Å². The summed E-state index contributed by atoms with van der Waals surface area (Å²) in [4.78, 5) is 7.15. The molecule has 0 aliphatic carbocycles. The third-order valence-corrected chi connectivity index (χ3v) is 1.02. The van der Waals surface area contributed by atoms with Crippen LogP contribution in [-0.2, 0) is 11.4 Å². The van der Waals surface area contributed by atoms with Crippen LogP contribution in [-0.4, -0.2) is 23.3 Å². The fourth-order valence-electron chi connectivity index (χ4n) is 0.523. The van der Waals surface area contributed by atoms with Gasteiger partial charge < -0.3 is 22.9 Å². The molecule has 0 aromatic carbocycles. The van der Waals surface area contributed by atoms with E-state index >= 15 is 0 Å². The van der Waals surface area contributed by atoms with E-state index in [0.29, 0.717) is 0 Å². The van der Waals surface area contributed by atoms with Gasteiger partial charge in [0.1, 0.15) is 5.69 Å². The van der Waals surface area contributed by atoms with Crippen molar-refractivity contribution < 1.29 is 13.3 Å². The second kappa shape index (κ2) is 5.16. The average molecular weight is 222 g/mol. The highest BCUT2D eigenvalue weighted by molar-refractivity contribution is 7.73. The summed E-state index contributed by atoms with van der Waals surface area (Å²) in [5.74, 6) is 0.263. The summed E-state index contributed by atoms with van der Waals surface area (Å²) in [5.41, 5.74) is 21.3. The number of rotatable bonds is 0. The molecule has 0 bridgehead atoms. The lowest BCUT2D eigenvalue weighted by Crippen LogP contribution is -2.07. The van der Waals surface area contributed by atoms with Crippen molar-refractivity contribution in [3.05, 3.63) is 0 Å². The van der Waals surface area contributed by atoms with Gasteiger partial charge in [0.15, 0.2) is 11.6 Å². The second-order valence-electron chi connectivity index (χ2n) is 2.00. The van der Waals surface area contributed by atoms with Gasteiger partial charge in [-0.25, -0.2) is 0 Å². The lowest BCUT2D eigenvalue weighted by molar-refractivity contribution is 0.454. The fraction of sp³-hybridized carbons (Fsp3) is 0. The standard InChI is InChI=1S/C4H8N6.H2O3S/c5-1-2(6)9-4(8)10-3(1)7;1-4(2)3/h5H2,(H6,6,7,8,9,10);(H2,1,2,3). The molecule has 9 nitrogen and oxygen atoms in total. The Hall–Kier alpha value is -1.65. The highest BCUT2D eigenvalue weighted by atomic mass is 32.2. The Morgan fingerprint density at radius 2 is 1.29 bits per heavy atom. The Balaban J connectivity index is 0.000000364. The molecule has 0 atom stereocenters. The molecule has 0 aliphatic rings. The minimum atomic E-state index is -2.61. The summed E-state index contributed by atoms with van der Waals surface area (Å²) in [5, 5.41) is 0. The zero-order valence-corrected chi connectivity index (χ0v) is 7.73. The van der Waals surface area contributed by atoms with Gasteiger partial charge in [-0.3, -0.25) is 9.11 Å². The van der Waals surface area contributed by atoms with Gasteiger partial charge in [0.05, 0.1) is 0 Å². The highest BCUT2D eigenvalue weighted by Gasteiger charge is 2.02. The maximum atomic E-state index is 8.67. The number of nitrogens with zero attached hydrogens (tertiary/aromatic N) is 2. The molecule has 1 aromatic rings. The van der Waals surface area contributed by atoms with Gasteiger partial charge >= 0.3 is 0 Å². The summed E-state index contributed by atoms with van der Waals surface area (Å²) in [7, 11) is 0. The Bertz CT molecular complexity index is 317. The maximum Gasteiger partial charge on any atom is 0.299 e. The molecule has 0 saturated heterocycles. The van der Waals surface area contributed by atoms with Crippen LogP contribution in [0.3, 0.4) is 0 Å². The summed E-state index contributed by atoms with van der Waals surface area (Å²) in [6, 6.07) is 0. The predicted molar refractivity (Wildman–Crippen MR) is 53.1 cm³/mol. The first kappa shape index (κ1) is 12.3. The van der Waals surface area contributed by atoms with Crippen LogP contribution >= 0.6 is 0 Å². The first-order chi connectivity index (χ1) is 6.34. The zero-order chi connectivity index (χ0) is 11.3. The Labute approximate surface area is 81.6 Å². The van der Waals surface area contributed by atoms with Crippen molar-refractivity contribution in [3.8, 4) is 0 Å². The molecule has 1 aromatic heterocycles. The first-order valence-corrected chi connectivity index (χ1v) is 4.14. The molecule has 0 unspecified atom stereocenters. The van der Waals surface area contributed by atoms with Crippen LogP contribution in [0.5, 0.6) is 0 Å². The van der Waals surface area contributed by atoms with Gasteiger partial charge in [-0.2, -0.15) is 14.2 Å². The average Bonchev–Trinajstić information content (AvgIpc) is 1.98. The number of aromatic nitrogens is 2. The van der Waals surface area contributed by atoms with Crippen molar-refractivity contribution in [2.75, 3.05) is 22.9 Å². The molecule has 0 spiro atoms. The van der Waals surface area contributed by atoms with Crippen LogP contribution < -0.4 is 22.9 Å². The van der Waals surface area contributed by atoms with Crippen LogP contribution in [0.15, 0.2) is 0 Å². The molecule has 14 heavy (non-hydrogen) atoms. The van der Waals surface area contributed by atoms with E-state index < -0.39 is 11.4 Å². The van der Waals surface area contributed by atoms with Gasteiger partial charge in [0.25, 0.3) is 11.4 Å². The van der Waals surface area contributed by atoms with Gasteiger partial charge in [-0.15, -0.1) is 0 Å². The number of anilines is 4. The predicted octanol–water partition coefficient (Wildman–Crippen LogP) is -1.51. The lowest BCUT2D eigenvalue weighted by atomic mass is 10.4. The third-order valence-electron chi connectivity index (χ3n) is 1.02. The smallest absolute Gasteiger partial charge is 0.299 e. The molecule has 1 heterocycles. The molecular formula is C4H10N6O3S. The van der Waals surface area contributed by atoms with Crippen molar-refractivity contribution in [2.45, 2.75) is 0 Å². The van der Waals surface area contributed by atoms with Crippen molar-refractivity contribution >= 4 is 34.6 Å². The number of nitrogen functional groups attached to an aromatic ring is 4. The molecule has 0 fully saturated rings. The van der Waals surface area contributed by atoms with Crippen LogP contribution in [0.1, 0.15) is 0 Å². The van der Waals surface area contributed by atoms with Crippen molar-refractivity contribution in [1.29, 1.82) is 0 Å². The second-order valence-corrected chi connectivity index (χ2v) is 2.46. The summed E-state index contributed by atoms with van der Waals surface area (Å²) in [6.07, 6.45) is 0. The lowest BCUT2D eigenvalue weighted by Gasteiger charge is -2.01. The van der Waals surface area contributed by atoms with E-state index in [1.54, 1.807) is 0 Å². The van der Waals surface area contributed by atoms with Crippen LogP contribution in [0.2, 0.25) is 0 Å². The minimum absolute atomic E-state index is 0.0317. The van der Waals surface area contributed by atoms with Crippen molar-refractivity contribution in [2.24, 2.45) is 0 Å². The van der Waals surface area contributed by atoms with Crippen molar-refractivity contribution in [1.82, 2.24) is 9.97 Å². The van der Waals surface area contributed by atoms with E-state index in [2.05, 4.69) is 9.97 Å². The molecule has 10 N–H and O–H groups in total. The molecule has 0 aliphatic heterocycles. The minimum Gasteiger partial charge on any atom is -0.393 e. The first-order valence-electron chi connectivity index (χ1n) is 3.08. The molecule has 0 saturated carbocycles. The van der Waals surface area contributed by atoms with E-state index in [1.807, 2.05) is 0 Å². The number of hydrogen-bond acceptors (Lipinski definition) is 7. The summed E-state index contributed by atoms with van der Waals surface area (Å²) >= 11 is -2.61. The number of nitrogens with two attached hydrogens (primary N) is 4. The Kier molecular flexibility index (Phi) is 4.55. The summed E-state index contributed by atoms with van der Waals surface area (Å²) in [6.45, 7) is 0. The normalized spacial score (nSPS) is 9.36. The van der Waals surface area contributed by atoms with Gasteiger partial charge in [0, 0.05) is 0 Å². The van der Waals surface area contributed by atoms with Gasteiger partial charge in [0.2, 0.25) is 5.95 Å². The quantitative estimate of drug-likeness (QED) is 0.283. The van der Waals surface area contributed by atoms with Crippen LogP contribution in [0.25, 0.3) is 0 Å². The number of hydrogen-bond donors (Lipinski definition) is 6. The van der Waals surface area contributed by atoms with E-state index in [1.165, 1.54) is 0 Å². The topological polar surface area (TPSA) is 187 Å². The largest absolute Gasteiger partial charge is 0.393 e. The fourth-order valence-corrected chi connectivity index (χ4v) is 0.523. The molecule has 0 radical (unpaired) electrons. The Morgan fingerprint density at radius 3 is 1.57 bits per heavy atom. The van der Waals surface area contributed by atoms with E-state index in [4.69, 9.17) is 36.2 Å². The molecular weight excluding hydrogens is 212 g/mol. The molecule has 10 heteroatoms. The van der Waals surface area contributed by atoms with Crippen LogP contribution in [0, 0.1) is 0 Å². The Morgan fingerprint density at radius 1 is 1.00 bits per heavy atom. The van der Waals surface area contributed by atoms with E-state index in [9.17, 15) is 0 Å². The SMILES string of the molecule is Nc1nc(N)c(N)c(N)n1.O=S(O)O. The summed E-state index contributed by atoms with van der Waals surface area (Å²) < 4.78 is 22.8. The van der Waals surface area contributed by atoms with Crippen molar-refractivity contribution in [3.63, 3.8) is 0 Å². The van der Waals surface area contributed by atoms with Crippen LogP contribution in [0.4, 0.5) is 23.3 Å². The van der Waals surface area contributed by atoms with Gasteiger partial charge in [-0.05, 0) is 0 Å². The third kappa shape index (κ3) is 4.39. The monoisotopic (exact) mass is 222 g/mol.